The Hall–Kier alpha value is -0.160. The van der Waals surface area contributed by atoms with Crippen molar-refractivity contribution in [2.24, 2.45) is 0 Å². The molecule has 0 aromatic carbocycles. The molecule has 1 rings (SSSR count). The molecule has 1 N–H and O–H groups in total. The van der Waals surface area contributed by atoms with Gasteiger partial charge in [-0.15, -0.1) is 0 Å². The summed E-state index contributed by atoms with van der Waals surface area (Å²) >= 11 is 0. The van der Waals surface area contributed by atoms with E-state index in [4.69, 9.17) is 9.47 Å². The zero-order chi connectivity index (χ0) is 10.2. The third-order valence-electron chi connectivity index (χ3n) is 2.37. The van der Waals surface area contributed by atoms with Crippen molar-refractivity contribution in [1.29, 1.82) is 0 Å². The summed E-state index contributed by atoms with van der Waals surface area (Å²) in [6.07, 6.45) is -0.0667. The normalized spacial score (nSPS) is 21.0. The van der Waals surface area contributed by atoms with Crippen LogP contribution < -0.4 is 5.32 Å². The van der Waals surface area contributed by atoms with E-state index in [2.05, 4.69) is 10.2 Å². The number of ether oxygens (including phenoxy) is 2. The molecule has 1 aliphatic rings. The van der Waals surface area contributed by atoms with Crippen LogP contribution >= 0.6 is 0 Å². The van der Waals surface area contributed by atoms with Gasteiger partial charge in [-0.25, -0.2) is 0 Å². The predicted octanol–water partition coefficient (Wildman–Crippen LogP) is 0.291. The fourth-order valence-corrected chi connectivity index (χ4v) is 1.57. The van der Waals surface area contributed by atoms with E-state index in [-0.39, 0.29) is 6.29 Å². The molecule has 0 saturated carbocycles. The van der Waals surface area contributed by atoms with Gasteiger partial charge in [-0.3, -0.25) is 4.90 Å². The predicted molar refractivity (Wildman–Crippen MR) is 56.3 cm³/mol. The molecule has 4 nitrogen and oxygen atoms in total. The minimum Gasteiger partial charge on any atom is -0.353 e. The first-order valence-electron chi connectivity index (χ1n) is 5.49. The molecule has 14 heavy (non-hydrogen) atoms. The quantitative estimate of drug-likeness (QED) is 0.628. The highest BCUT2D eigenvalue weighted by Crippen LogP contribution is 1.96. The van der Waals surface area contributed by atoms with Crippen molar-refractivity contribution in [1.82, 2.24) is 10.2 Å². The first-order valence-corrected chi connectivity index (χ1v) is 5.49. The second-order valence-electron chi connectivity index (χ2n) is 3.49. The van der Waals surface area contributed by atoms with Crippen molar-refractivity contribution in [3.8, 4) is 0 Å². The largest absolute Gasteiger partial charge is 0.353 e. The summed E-state index contributed by atoms with van der Waals surface area (Å²) in [6, 6.07) is 0. The molecule has 84 valence electrons. The first kappa shape index (κ1) is 11.9. The van der Waals surface area contributed by atoms with E-state index in [0.717, 1.165) is 45.9 Å². The van der Waals surface area contributed by atoms with Gasteiger partial charge in [-0.05, 0) is 13.8 Å². The molecular formula is C10H22N2O2. The Labute approximate surface area is 86.6 Å². The fraction of sp³-hybridized carbons (Fsp3) is 1.00. The maximum atomic E-state index is 5.50. The van der Waals surface area contributed by atoms with Crippen LogP contribution in [0.5, 0.6) is 0 Å². The maximum Gasteiger partial charge on any atom is 0.154 e. The van der Waals surface area contributed by atoms with Gasteiger partial charge in [0.1, 0.15) is 0 Å². The van der Waals surface area contributed by atoms with Crippen molar-refractivity contribution in [2.75, 3.05) is 45.9 Å². The lowest BCUT2D eigenvalue weighted by Crippen LogP contribution is -2.44. The highest BCUT2D eigenvalue weighted by atomic mass is 16.7. The van der Waals surface area contributed by atoms with Crippen LogP contribution in [-0.2, 0) is 9.47 Å². The molecule has 1 unspecified atom stereocenters. The Morgan fingerprint density at radius 3 is 2.64 bits per heavy atom. The Bertz CT molecular complexity index is 138. The number of hydrogen-bond acceptors (Lipinski definition) is 4. The number of rotatable bonds is 6. The van der Waals surface area contributed by atoms with Crippen molar-refractivity contribution < 1.29 is 9.47 Å². The van der Waals surface area contributed by atoms with E-state index < -0.39 is 0 Å². The molecule has 0 radical (unpaired) electrons. The fourth-order valence-electron chi connectivity index (χ4n) is 1.57. The van der Waals surface area contributed by atoms with Gasteiger partial charge in [0.25, 0.3) is 0 Å². The summed E-state index contributed by atoms with van der Waals surface area (Å²) in [5.74, 6) is 0. The van der Waals surface area contributed by atoms with E-state index in [1.807, 2.05) is 13.8 Å². The van der Waals surface area contributed by atoms with Crippen LogP contribution in [0.1, 0.15) is 13.8 Å². The third kappa shape index (κ3) is 4.91. The Morgan fingerprint density at radius 2 is 2.00 bits per heavy atom. The Kier molecular flexibility index (Phi) is 6.10. The topological polar surface area (TPSA) is 33.7 Å². The van der Waals surface area contributed by atoms with Crippen molar-refractivity contribution >= 4 is 0 Å². The molecule has 0 aromatic heterocycles. The monoisotopic (exact) mass is 202 g/mol. The molecule has 1 atom stereocenters. The minimum absolute atomic E-state index is 0.0667. The molecule has 1 heterocycles. The number of nitrogens with zero attached hydrogens (tertiary/aromatic N) is 1. The molecule has 0 bridgehead atoms. The lowest BCUT2D eigenvalue weighted by molar-refractivity contribution is -0.129. The van der Waals surface area contributed by atoms with Gasteiger partial charge in [0.15, 0.2) is 6.29 Å². The highest BCUT2D eigenvalue weighted by Gasteiger charge is 2.09. The first-order chi connectivity index (χ1) is 6.83. The zero-order valence-corrected chi connectivity index (χ0v) is 9.29. The third-order valence-corrected chi connectivity index (χ3v) is 2.37. The standard InChI is InChI=1S/C10H22N2O2/c1-3-13-10(2)14-9-8-12-6-4-11-5-7-12/h10-11H,3-9H2,1-2H3. The summed E-state index contributed by atoms with van der Waals surface area (Å²) in [4.78, 5) is 2.41. The van der Waals surface area contributed by atoms with Crippen molar-refractivity contribution in [3.05, 3.63) is 0 Å². The summed E-state index contributed by atoms with van der Waals surface area (Å²) in [7, 11) is 0. The van der Waals surface area contributed by atoms with E-state index in [9.17, 15) is 0 Å². The molecule has 1 fully saturated rings. The van der Waals surface area contributed by atoms with Crippen LogP contribution in [0.4, 0.5) is 0 Å². The van der Waals surface area contributed by atoms with E-state index in [0.29, 0.717) is 0 Å². The van der Waals surface area contributed by atoms with Gasteiger partial charge in [0.05, 0.1) is 6.61 Å². The summed E-state index contributed by atoms with van der Waals surface area (Å²) in [5, 5.41) is 3.33. The molecule has 0 amide bonds. The smallest absolute Gasteiger partial charge is 0.154 e. The average molecular weight is 202 g/mol. The molecule has 4 heteroatoms. The van der Waals surface area contributed by atoms with E-state index in [1.165, 1.54) is 0 Å². The van der Waals surface area contributed by atoms with Gasteiger partial charge in [0, 0.05) is 39.3 Å². The number of nitrogens with one attached hydrogen (secondary N) is 1. The van der Waals surface area contributed by atoms with E-state index in [1.54, 1.807) is 0 Å². The second-order valence-corrected chi connectivity index (χ2v) is 3.49. The molecule has 0 aliphatic carbocycles. The minimum atomic E-state index is -0.0667. The van der Waals surface area contributed by atoms with Crippen LogP contribution in [0, 0.1) is 0 Å². The van der Waals surface area contributed by atoms with Crippen LogP contribution in [0.3, 0.4) is 0 Å². The molecule has 0 aromatic rings. The summed E-state index contributed by atoms with van der Waals surface area (Å²) in [6.45, 7) is 10.9. The molecule has 1 saturated heterocycles. The molecular weight excluding hydrogens is 180 g/mol. The number of piperazine rings is 1. The summed E-state index contributed by atoms with van der Waals surface area (Å²) < 4.78 is 10.8. The van der Waals surface area contributed by atoms with Crippen molar-refractivity contribution in [2.45, 2.75) is 20.1 Å². The van der Waals surface area contributed by atoms with Gasteiger partial charge < -0.3 is 14.8 Å². The van der Waals surface area contributed by atoms with E-state index >= 15 is 0 Å². The van der Waals surface area contributed by atoms with Gasteiger partial charge in [-0.1, -0.05) is 0 Å². The Balaban J connectivity index is 1.96. The van der Waals surface area contributed by atoms with Crippen molar-refractivity contribution in [3.63, 3.8) is 0 Å². The SMILES string of the molecule is CCOC(C)OCCN1CCNCC1. The summed E-state index contributed by atoms with van der Waals surface area (Å²) in [5.41, 5.74) is 0. The maximum absolute atomic E-state index is 5.50. The van der Waals surface area contributed by atoms with Crippen LogP contribution in [0.2, 0.25) is 0 Å². The highest BCUT2D eigenvalue weighted by molar-refractivity contribution is 4.66. The lowest BCUT2D eigenvalue weighted by atomic mass is 10.4. The van der Waals surface area contributed by atoms with Crippen LogP contribution in [0.25, 0.3) is 0 Å². The lowest BCUT2D eigenvalue weighted by Gasteiger charge is -2.27. The van der Waals surface area contributed by atoms with Gasteiger partial charge in [0.2, 0.25) is 0 Å². The number of hydrogen-bond donors (Lipinski definition) is 1. The van der Waals surface area contributed by atoms with Crippen LogP contribution in [-0.4, -0.2) is 57.1 Å². The van der Waals surface area contributed by atoms with Gasteiger partial charge in [-0.2, -0.15) is 0 Å². The molecule has 0 spiro atoms. The zero-order valence-electron chi connectivity index (χ0n) is 9.29. The average Bonchev–Trinajstić information content (AvgIpc) is 2.20. The second kappa shape index (κ2) is 7.17. The Morgan fingerprint density at radius 1 is 1.29 bits per heavy atom. The molecule has 1 aliphatic heterocycles. The van der Waals surface area contributed by atoms with Gasteiger partial charge >= 0.3 is 0 Å². The van der Waals surface area contributed by atoms with Crippen LogP contribution in [0.15, 0.2) is 0 Å².